The van der Waals surface area contributed by atoms with Gasteiger partial charge in [-0.2, -0.15) is 0 Å². The van der Waals surface area contributed by atoms with Crippen LogP contribution in [0.3, 0.4) is 0 Å². The van der Waals surface area contributed by atoms with E-state index < -0.39 is 0 Å². The number of aromatic nitrogens is 2. The van der Waals surface area contributed by atoms with E-state index in [4.69, 9.17) is 4.99 Å². The van der Waals surface area contributed by atoms with Crippen LogP contribution in [0, 0.1) is 35.9 Å². The molecule has 216 valence electrons. The zero-order valence-corrected chi connectivity index (χ0v) is 24.5. The van der Waals surface area contributed by atoms with Crippen molar-refractivity contribution >= 4 is 22.5 Å². The fraction of sp³-hybridized carbons (Fsp3) is 0.545. The van der Waals surface area contributed by atoms with Crippen molar-refractivity contribution < 1.29 is 4.39 Å². The Bertz CT molecular complexity index is 1580. The van der Waals surface area contributed by atoms with Crippen LogP contribution >= 0.6 is 0 Å². The van der Waals surface area contributed by atoms with Crippen LogP contribution < -0.4 is 16.2 Å². The third-order valence-electron chi connectivity index (χ3n) is 10.8. The second-order valence-electron chi connectivity index (χ2n) is 13.6. The maximum atomic E-state index is 14.3. The number of anilines is 1. The van der Waals surface area contributed by atoms with Gasteiger partial charge in [0.15, 0.2) is 5.96 Å². The van der Waals surface area contributed by atoms with Crippen LogP contribution in [-0.2, 0) is 13.0 Å². The Morgan fingerprint density at radius 1 is 1.20 bits per heavy atom. The number of nitrogens with one attached hydrogen (secondary N) is 2. The first-order chi connectivity index (χ1) is 19.7. The summed E-state index contributed by atoms with van der Waals surface area (Å²) >= 11 is 0. The third-order valence-corrected chi connectivity index (χ3v) is 10.8. The summed E-state index contributed by atoms with van der Waals surface area (Å²) in [6.45, 7) is 11.5. The van der Waals surface area contributed by atoms with E-state index in [9.17, 15) is 9.18 Å². The maximum Gasteiger partial charge on any atom is 0.261 e. The fourth-order valence-electron chi connectivity index (χ4n) is 8.07. The molecular formula is C33H41FN6O. The molecule has 5 aliphatic rings. The average molecular weight is 557 g/mol. The molecule has 3 aliphatic carbocycles. The smallest absolute Gasteiger partial charge is 0.261 e. The van der Waals surface area contributed by atoms with E-state index in [-0.39, 0.29) is 11.4 Å². The van der Waals surface area contributed by atoms with Crippen molar-refractivity contribution in [3.8, 4) is 0 Å². The fourth-order valence-corrected chi connectivity index (χ4v) is 8.07. The largest absolute Gasteiger partial charge is 0.337 e. The van der Waals surface area contributed by atoms with Crippen molar-refractivity contribution in [3.05, 3.63) is 70.0 Å². The Hall–Kier alpha value is -3.26. The molecule has 5 fully saturated rings. The summed E-state index contributed by atoms with van der Waals surface area (Å²) < 4.78 is 15.9. The SMILES string of the molecule is Cc1ccc(CCn2cnc3cc(NC(=N[C@H]4C[C@@H]5C[C@H]([C@@H]4C)C5(C)C)N4C[C@@H]5C[C@@H]4CN5)ccc3c2=O)c(F)c1. The summed E-state index contributed by atoms with van der Waals surface area (Å²) in [4.78, 5) is 25.8. The number of benzene rings is 2. The van der Waals surface area contributed by atoms with Gasteiger partial charge < -0.3 is 15.5 Å². The number of fused-ring (bicyclic) bond motifs is 5. The molecule has 0 unspecified atom stereocenters. The van der Waals surface area contributed by atoms with E-state index in [0.29, 0.717) is 58.9 Å². The lowest BCUT2D eigenvalue weighted by Gasteiger charge is -2.61. The minimum absolute atomic E-state index is 0.108. The lowest BCUT2D eigenvalue weighted by molar-refractivity contribution is -0.108. The highest BCUT2D eigenvalue weighted by molar-refractivity contribution is 5.96. The quantitative estimate of drug-likeness (QED) is 0.343. The molecule has 41 heavy (non-hydrogen) atoms. The molecule has 3 heterocycles. The summed E-state index contributed by atoms with van der Waals surface area (Å²) in [5, 5.41) is 7.84. The summed E-state index contributed by atoms with van der Waals surface area (Å²) in [5.41, 5.74) is 3.36. The second-order valence-corrected chi connectivity index (χ2v) is 13.6. The van der Waals surface area contributed by atoms with Crippen molar-refractivity contribution in [2.75, 3.05) is 18.4 Å². The molecular weight excluding hydrogens is 515 g/mol. The minimum atomic E-state index is -0.231. The number of rotatable bonds is 5. The Labute approximate surface area is 241 Å². The molecule has 0 radical (unpaired) electrons. The van der Waals surface area contributed by atoms with Crippen LogP contribution in [0.2, 0.25) is 0 Å². The van der Waals surface area contributed by atoms with Crippen LogP contribution in [0.5, 0.6) is 0 Å². The van der Waals surface area contributed by atoms with E-state index >= 15 is 0 Å². The van der Waals surface area contributed by atoms with Gasteiger partial charge in [-0.15, -0.1) is 0 Å². The van der Waals surface area contributed by atoms with E-state index in [1.165, 1.54) is 12.5 Å². The lowest BCUT2D eigenvalue weighted by atomic mass is 9.45. The molecule has 2 saturated heterocycles. The highest BCUT2D eigenvalue weighted by Crippen LogP contribution is 2.61. The van der Waals surface area contributed by atoms with Crippen molar-refractivity contribution in [2.45, 2.75) is 78.0 Å². The maximum absolute atomic E-state index is 14.3. The highest BCUT2D eigenvalue weighted by atomic mass is 19.1. The predicted molar refractivity (Wildman–Crippen MR) is 162 cm³/mol. The molecule has 2 aliphatic heterocycles. The van der Waals surface area contributed by atoms with Crippen LogP contribution in [0.15, 0.2) is 52.5 Å². The number of aryl methyl sites for hydroxylation is 3. The number of guanidine groups is 1. The standard InChI is InChI=1S/C33H41FN6O/c1-19-5-6-21(28(34)11-19)9-10-39-18-36-30-15-23(7-8-26(30)31(39)41)37-32(40-17-24-14-25(40)16-35-24)38-29-13-22-12-27(20(29)2)33(22,3)4/h5-8,11,15,18,20,22,24-25,27,29,35H,9-10,12-14,16-17H2,1-4H3,(H,37,38)/t20-,22-,24-,25+,27+,29-/m0/s1. The molecule has 8 heteroatoms. The first-order valence-corrected chi connectivity index (χ1v) is 15.3. The molecule has 3 saturated carbocycles. The van der Waals surface area contributed by atoms with Crippen LogP contribution in [-0.4, -0.2) is 51.6 Å². The number of hydrogen-bond donors (Lipinski definition) is 2. The van der Waals surface area contributed by atoms with Gasteiger partial charge in [-0.05, 0) is 91.2 Å². The molecule has 4 bridgehead atoms. The van der Waals surface area contributed by atoms with Gasteiger partial charge in [-0.25, -0.2) is 14.4 Å². The van der Waals surface area contributed by atoms with Gasteiger partial charge in [0.1, 0.15) is 5.82 Å². The summed E-state index contributed by atoms with van der Waals surface area (Å²) in [6.07, 6.45) is 5.67. The van der Waals surface area contributed by atoms with Gasteiger partial charge in [0.25, 0.3) is 5.56 Å². The average Bonchev–Trinajstić information content (AvgIpc) is 3.58. The number of nitrogens with zero attached hydrogens (tertiary/aromatic N) is 4. The Morgan fingerprint density at radius 2 is 2.05 bits per heavy atom. The summed E-state index contributed by atoms with van der Waals surface area (Å²) in [6, 6.07) is 12.3. The van der Waals surface area contributed by atoms with E-state index in [2.05, 4.69) is 41.3 Å². The van der Waals surface area contributed by atoms with Crippen molar-refractivity contribution in [1.82, 2.24) is 19.8 Å². The molecule has 0 spiro atoms. The van der Waals surface area contributed by atoms with Gasteiger partial charge in [0.2, 0.25) is 0 Å². The molecule has 8 rings (SSSR count). The zero-order valence-electron chi connectivity index (χ0n) is 24.5. The first kappa shape index (κ1) is 26.6. The van der Waals surface area contributed by atoms with Gasteiger partial charge in [0.05, 0.1) is 23.3 Å². The van der Waals surface area contributed by atoms with Gasteiger partial charge >= 0.3 is 0 Å². The molecule has 3 aromatic rings. The Morgan fingerprint density at radius 3 is 2.76 bits per heavy atom. The van der Waals surface area contributed by atoms with Gasteiger partial charge in [-0.3, -0.25) is 9.36 Å². The van der Waals surface area contributed by atoms with E-state index in [0.717, 1.165) is 55.0 Å². The molecule has 6 atom stereocenters. The van der Waals surface area contributed by atoms with E-state index in [1.807, 2.05) is 31.2 Å². The van der Waals surface area contributed by atoms with Crippen molar-refractivity contribution in [1.29, 1.82) is 0 Å². The van der Waals surface area contributed by atoms with Crippen LogP contribution in [0.1, 0.15) is 51.2 Å². The number of piperazine rings is 1. The first-order valence-electron chi connectivity index (χ1n) is 15.3. The normalized spacial score (nSPS) is 30.1. The number of halogens is 1. The molecule has 0 amide bonds. The lowest BCUT2D eigenvalue weighted by Crippen LogP contribution is -2.57. The molecule has 1 aromatic heterocycles. The predicted octanol–water partition coefficient (Wildman–Crippen LogP) is 4.97. The van der Waals surface area contributed by atoms with E-state index in [1.54, 1.807) is 17.0 Å². The minimum Gasteiger partial charge on any atom is -0.337 e. The second kappa shape index (κ2) is 9.93. The third kappa shape index (κ3) is 4.64. The zero-order chi connectivity index (χ0) is 28.5. The number of likely N-dealkylation sites (tertiary alicyclic amines) is 1. The van der Waals surface area contributed by atoms with Crippen molar-refractivity contribution in [2.24, 2.45) is 28.2 Å². The van der Waals surface area contributed by atoms with Crippen molar-refractivity contribution in [3.63, 3.8) is 0 Å². The topological polar surface area (TPSA) is 74.6 Å². The van der Waals surface area contributed by atoms with Crippen LogP contribution in [0.4, 0.5) is 10.1 Å². The Kier molecular flexibility index (Phi) is 6.45. The molecule has 2 N–H and O–H groups in total. The summed E-state index contributed by atoms with van der Waals surface area (Å²) in [5.74, 6) is 2.79. The molecule has 7 nitrogen and oxygen atoms in total. The Balaban J connectivity index is 1.13. The van der Waals surface area contributed by atoms with Gasteiger partial charge in [-0.1, -0.05) is 32.9 Å². The van der Waals surface area contributed by atoms with Gasteiger partial charge in [0, 0.05) is 37.4 Å². The summed E-state index contributed by atoms with van der Waals surface area (Å²) in [7, 11) is 0. The number of aliphatic imine (C=N–C) groups is 1. The van der Waals surface area contributed by atoms with Crippen LogP contribution in [0.25, 0.3) is 10.9 Å². The monoisotopic (exact) mass is 556 g/mol. The highest BCUT2D eigenvalue weighted by Gasteiger charge is 2.56. The number of hydrogen-bond acceptors (Lipinski definition) is 4. The molecule has 2 aromatic carbocycles.